The fraction of sp³-hybridized carbons (Fsp3) is 0.429. The van der Waals surface area contributed by atoms with E-state index < -0.39 is 10.0 Å². The molecule has 0 radical (unpaired) electrons. The summed E-state index contributed by atoms with van der Waals surface area (Å²) in [6.45, 7) is 9.63. The van der Waals surface area contributed by atoms with E-state index in [1.807, 2.05) is 46.9 Å². The predicted octanol–water partition coefficient (Wildman–Crippen LogP) is 3.92. The van der Waals surface area contributed by atoms with Crippen LogP contribution in [-0.2, 0) is 10.0 Å². The van der Waals surface area contributed by atoms with Crippen LogP contribution in [0.2, 0.25) is 0 Å². The van der Waals surface area contributed by atoms with Crippen molar-refractivity contribution in [2.24, 2.45) is 5.92 Å². The lowest BCUT2D eigenvalue weighted by Gasteiger charge is -2.22. The molecule has 1 aromatic rings. The van der Waals surface area contributed by atoms with Crippen LogP contribution in [0, 0.1) is 33.6 Å². The summed E-state index contributed by atoms with van der Waals surface area (Å²) in [6, 6.07) is 1.88. The molecule has 0 spiro atoms. The van der Waals surface area contributed by atoms with Crippen LogP contribution in [0.4, 0.5) is 0 Å². The van der Waals surface area contributed by atoms with Gasteiger partial charge >= 0.3 is 0 Å². The van der Waals surface area contributed by atoms with Crippen molar-refractivity contribution in [1.82, 2.24) is 10.0 Å². The normalized spacial score (nSPS) is 20.3. The SMILES string of the molecule is Cc1cc(C)c(C)c(S(=O)(=O)NC(C)CC2=CNC3=CC=CCC23)c1C. The Morgan fingerprint density at radius 2 is 1.85 bits per heavy atom. The zero-order valence-corrected chi connectivity index (χ0v) is 17.0. The van der Waals surface area contributed by atoms with Crippen molar-refractivity contribution in [2.45, 2.75) is 58.4 Å². The van der Waals surface area contributed by atoms with Gasteiger partial charge in [0, 0.05) is 23.9 Å². The smallest absolute Gasteiger partial charge is 0.241 e. The summed E-state index contributed by atoms with van der Waals surface area (Å²) < 4.78 is 29.1. The third kappa shape index (κ3) is 3.51. The average molecular weight is 373 g/mol. The summed E-state index contributed by atoms with van der Waals surface area (Å²) >= 11 is 0. The highest BCUT2D eigenvalue weighted by Gasteiger charge is 2.28. The zero-order chi connectivity index (χ0) is 19.1. The van der Waals surface area contributed by atoms with E-state index in [1.165, 1.54) is 11.3 Å². The van der Waals surface area contributed by atoms with E-state index in [0.717, 1.165) is 28.7 Å². The maximum absolute atomic E-state index is 13.1. The predicted molar refractivity (Wildman–Crippen MR) is 106 cm³/mol. The monoisotopic (exact) mass is 372 g/mol. The molecule has 140 valence electrons. The molecule has 1 aliphatic carbocycles. The fourth-order valence-electron chi connectivity index (χ4n) is 3.91. The second kappa shape index (κ2) is 7.05. The number of allylic oxidation sites excluding steroid dienone is 4. The molecule has 0 fully saturated rings. The van der Waals surface area contributed by atoms with Crippen LogP contribution in [0.25, 0.3) is 0 Å². The molecule has 2 unspecified atom stereocenters. The summed E-state index contributed by atoms with van der Waals surface area (Å²) in [5, 5.41) is 3.31. The van der Waals surface area contributed by atoms with Gasteiger partial charge in [0.15, 0.2) is 0 Å². The first-order chi connectivity index (χ1) is 12.2. The van der Waals surface area contributed by atoms with Crippen molar-refractivity contribution in [1.29, 1.82) is 0 Å². The molecule has 26 heavy (non-hydrogen) atoms. The van der Waals surface area contributed by atoms with Gasteiger partial charge in [-0.25, -0.2) is 13.1 Å². The second-order valence-electron chi connectivity index (χ2n) is 7.52. The van der Waals surface area contributed by atoms with Crippen LogP contribution < -0.4 is 10.0 Å². The Morgan fingerprint density at radius 3 is 2.50 bits per heavy atom. The lowest BCUT2D eigenvalue weighted by Crippen LogP contribution is -2.34. The van der Waals surface area contributed by atoms with Gasteiger partial charge in [-0.2, -0.15) is 0 Å². The molecule has 2 atom stereocenters. The minimum atomic E-state index is -3.56. The van der Waals surface area contributed by atoms with E-state index in [4.69, 9.17) is 0 Å². The summed E-state index contributed by atoms with van der Waals surface area (Å²) in [4.78, 5) is 0.432. The first-order valence-corrected chi connectivity index (χ1v) is 10.6. The number of hydrogen-bond donors (Lipinski definition) is 2. The van der Waals surface area contributed by atoms with Crippen molar-refractivity contribution in [3.63, 3.8) is 0 Å². The minimum Gasteiger partial charge on any atom is -0.365 e. The molecular weight excluding hydrogens is 344 g/mol. The third-order valence-corrected chi connectivity index (χ3v) is 7.36. The van der Waals surface area contributed by atoms with Crippen molar-refractivity contribution >= 4 is 10.0 Å². The fourth-order valence-corrected chi connectivity index (χ4v) is 5.77. The highest BCUT2D eigenvalue weighted by atomic mass is 32.2. The van der Waals surface area contributed by atoms with Gasteiger partial charge in [0.25, 0.3) is 0 Å². The molecule has 2 aliphatic rings. The van der Waals surface area contributed by atoms with Gasteiger partial charge < -0.3 is 5.32 Å². The van der Waals surface area contributed by atoms with Gasteiger partial charge in [-0.1, -0.05) is 18.2 Å². The quantitative estimate of drug-likeness (QED) is 0.823. The van der Waals surface area contributed by atoms with E-state index >= 15 is 0 Å². The van der Waals surface area contributed by atoms with E-state index in [9.17, 15) is 8.42 Å². The first kappa shape index (κ1) is 18.9. The maximum atomic E-state index is 13.1. The summed E-state index contributed by atoms with van der Waals surface area (Å²) in [7, 11) is -3.56. The minimum absolute atomic E-state index is 0.169. The molecule has 0 bridgehead atoms. The number of nitrogens with one attached hydrogen (secondary N) is 2. The molecule has 0 amide bonds. The molecule has 0 saturated heterocycles. The van der Waals surface area contributed by atoms with E-state index in [0.29, 0.717) is 17.2 Å². The molecule has 2 N–H and O–H groups in total. The maximum Gasteiger partial charge on any atom is 0.241 e. The summed E-state index contributed by atoms with van der Waals surface area (Å²) in [6.07, 6.45) is 10.0. The molecule has 5 heteroatoms. The van der Waals surface area contributed by atoms with Gasteiger partial charge in [0.05, 0.1) is 4.90 Å². The van der Waals surface area contributed by atoms with Gasteiger partial charge in [-0.15, -0.1) is 0 Å². The Labute approximate surface area is 157 Å². The second-order valence-corrected chi connectivity index (χ2v) is 9.17. The Bertz CT molecular complexity index is 898. The van der Waals surface area contributed by atoms with E-state index in [-0.39, 0.29) is 6.04 Å². The van der Waals surface area contributed by atoms with Crippen molar-refractivity contribution < 1.29 is 8.42 Å². The topological polar surface area (TPSA) is 58.2 Å². The lowest BCUT2D eigenvalue weighted by molar-refractivity contribution is 0.549. The van der Waals surface area contributed by atoms with Gasteiger partial charge in [0.2, 0.25) is 10.0 Å². The molecule has 4 nitrogen and oxygen atoms in total. The number of hydrogen-bond acceptors (Lipinski definition) is 3. The van der Waals surface area contributed by atoms with Crippen LogP contribution >= 0.6 is 0 Å². The molecule has 1 aliphatic heterocycles. The lowest BCUT2D eigenvalue weighted by atomic mass is 9.89. The zero-order valence-electron chi connectivity index (χ0n) is 16.2. The Kier molecular flexibility index (Phi) is 5.13. The molecular formula is C21H28N2O2S. The molecule has 0 aromatic heterocycles. The van der Waals surface area contributed by atoms with Crippen molar-refractivity contribution in [3.8, 4) is 0 Å². The Hall–Kier alpha value is -1.85. The van der Waals surface area contributed by atoms with Gasteiger partial charge in [0.1, 0.15) is 0 Å². The molecule has 1 heterocycles. The number of benzene rings is 1. The number of fused-ring (bicyclic) bond motifs is 1. The molecule has 1 aromatic carbocycles. The van der Waals surface area contributed by atoms with Crippen LogP contribution in [-0.4, -0.2) is 14.5 Å². The van der Waals surface area contributed by atoms with Crippen LogP contribution in [0.1, 0.15) is 42.0 Å². The van der Waals surface area contributed by atoms with Gasteiger partial charge in [-0.05, 0) is 81.4 Å². The largest absolute Gasteiger partial charge is 0.365 e. The van der Waals surface area contributed by atoms with Gasteiger partial charge in [-0.3, -0.25) is 0 Å². The van der Waals surface area contributed by atoms with E-state index in [2.05, 4.69) is 28.3 Å². The van der Waals surface area contributed by atoms with Crippen LogP contribution in [0.15, 0.2) is 46.7 Å². The average Bonchev–Trinajstić information content (AvgIpc) is 2.95. The van der Waals surface area contributed by atoms with Crippen molar-refractivity contribution in [3.05, 3.63) is 64.0 Å². The van der Waals surface area contributed by atoms with Crippen LogP contribution in [0.5, 0.6) is 0 Å². The Balaban J connectivity index is 1.78. The molecule has 0 saturated carbocycles. The van der Waals surface area contributed by atoms with Crippen LogP contribution in [0.3, 0.4) is 0 Å². The summed E-state index contributed by atoms with van der Waals surface area (Å²) in [5.74, 6) is 0.358. The number of sulfonamides is 1. The third-order valence-electron chi connectivity index (χ3n) is 5.50. The highest BCUT2D eigenvalue weighted by Crippen LogP contribution is 2.33. The van der Waals surface area contributed by atoms with E-state index in [1.54, 1.807) is 0 Å². The van der Waals surface area contributed by atoms with Crippen molar-refractivity contribution in [2.75, 3.05) is 0 Å². The highest BCUT2D eigenvalue weighted by molar-refractivity contribution is 7.89. The summed E-state index contributed by atoms with van der Waals surface area (Å²) in [5.41, 5.74) is 6.14. The Morgan fingerprint density at radius 1 is 1.19 bits per heavy atom. The first-order valence-electron chi connectivity index (χ1n) is 9.12. The number of rotatable bonds is 5. The standard InChI is InChI=1S/C21H28N2O2S/c1-13-10-14(2)17(5)21(16(13)4)26(24,25)23-15(3)11-18-12-22-20-9-7-6-8-19(18)20/h6-7,9-10,12,15,19,22-23H,8,11H2,1-5H3. The molecule has 3 rings (SSSR count). The number of aryl methyl sites for hydroxylation is 2.